The third kappa shape index (κ3) is 6.85. The highest BCUT2D eigenvalue weighted by atomic mass is 32.2. The van der Waals surface area contributed by atoms with Crippen molar-refractivity contribution < 1.29 is 23.1 Å². The Bertz CT molecular complexity index is 997. The fraction of sp³-hybridized carbons (Fsp3) is 0.625. The zero-order valence-corrected chi connectivity index (χ0v) is 21.4. The van der Waals surface area contributed by atoms with Crippen molar-refractivity contribution in [3.63, 3.8) is 0 Å². The van der Waals surface area contributed by atoms with Crippen molar-refractivity contribution in [3.8, 4) is 17.6 Å². The van der Waals surface area contributed by atoms with Gasteiger partial charge in [0, 0.05) is 43.1 Å². The van der Waals surface area contributed by atoms with E-state index in [1.807, 2.05) is 34.6 Å². The number of rotatable bonds is 5. The molecule has 184 valence electrons. The number of carbonyl (C=O) groups excluding carboxylic acids is 1. The number of amides is 2. The first-order valence-electron chi connectivity index (χ1n) is 11.3. The van der Waals surface area contributed by atoms with E-state index in [1.165, 1.54) is 10.4 Å². The van der Waals surface area contributed by atoms with Crippen LogP contribution in [-0.4, -0.2) is 73.7 Å². The molecule has 2 rings (SSSR count). The Morgan fingerprint density at radius 2 is 1.97 bits per heavy atom. The molecule has 8 nitrogen and oxygen atoms in total. The highest BCUT2D eigenvalue weighted by Crippen LogP contribution is 2.34. The number of ether oxygens (including phenoxy) is 1. The minimum absolute atomic E-state index is 0.00974. The average Bonchev–Trinajstić information content (AvgIpc) is 2.73. The number of carbonyl (C=O) groups is 1. The van der Waals surface area contributed by atoms with Crippen LogP contribution in [0.4, 0.5) is 4.79 Å². The van der Waals surface area contributed by atoms with Gasteiger partial charge in [-0.2, -0.15) is 4.31 Å². The molecule has 2 amide bonds. The van der Waals surface area contributed by atoms with Crippen LogP contribution in [-0.2, 0) is 10.0 Å². The zero-order valence-electron chi connectivity index (χ0n) is 20.6. The standard InChI is InChI=1S/C24H37N3O5S/c1-16(2)8-9-20-10-11-23-21(12-20)32-22(14-26(7)24(29)25-17(3)4)18(5)13-27(19(6)15-28)33(23,30)31/h10-12,16-19,22,28H,13-15H2,1-7H3,(H,25,29)/t18-,19+,22+/m1/s1. The zero-order chi connectivity index (χ0) is 24.9. The first-order chi connectivity index (χ1) is 15.4. The molecule has 0 saturated heterocycles. The van der Waals surface area contributed by atoms with Gasteiger partial charge in [-0.1, -0.05) is 32.6 Å². The smallest absolute Gasteiger partial charge is 0.317 e. The maximum absolute atomic E-state index is 13.5. The maximum atomic E-state index is 13.5. The summed E-state index contributed by atoms with van der Waals surface area (Å²) in [6, 6.07) is 3.97. The highest BCUT2D eigenvalue weighted by Gasteiger charge is 2.38. The predicted octanol–water partition coefficient (Wildman–Crippen LogP) is 2.51. The largest absolute Gasteiger partial charge is 0.487 e. The van der Waals surface area contributed by atoms with E-state index in [9.17, 15) is 18.3 Å². The second kappa shape index (κ2) is 11.2. The Hall–Kier alpha value is -2.28. The molecule has 0 aromatic heterocycles. The molecule has 0 unspecified atom stereocenters. The van der Waals surface area contributed by atoms with Gasteiger partial charge in [-0.3, -0.25) is 0 Å². The minimum atomic E-state index is -3.91. The molecule has 0 fully saturated rings. The molecule has 2 N–H and O–H groups in total. The summed E-state index contributed by atoms with van der Waals surface area (Å²) in [6.07, 6.45) is -0.469. The molecule has 1 aromatic rings. The quantitative estimate of drug-likeness (QED) is 0.633. The third-order valence-electron chi connectivity index (χ3n) is 5.38. The normalized spacial score (nSPS) is 21.2. The van der Waals surface area contributed by atoms with E-state index >= 15 is 0 Å². The lowest BCUT2D eigenvalue weighted by atomic mass is 10.0. The summed E-state index contributed by atoms with van der Waals surface area (Å²) in [5.74, 6) is 6.26. The molecule has 0 bridgehead atoms. The van der Waals surface area contributed by atoms with Gasteiger partial charge in [0.2, 0.25) is 10.0 Å². The summed E-state index contributed by atoms with van der Waals surface area (Å²) >= 11 is 0. The molecule has 1 aromatic carbocycles. The summed E-state index contributed by atoms with van der Waals surface area (Å²) in [5.41, 5.74) is 0.650. The lowest BCUT2D eigenvalue weighted by molar-refractivity contribution is 0.0809. The van der Waals surface area contributed by atoms with Crippen LogP contribution in [0, 0.1) is 23.7 Å². The fourth-order valence-corrected chi connectivity index (χ4v) is 5.28. The predicted molar refractivity (Wildman–Crippen MR) is 128 cm³/mol. The second-order valence-corrected chi connectivity index (χ2v) is 11.2. The first-order valence-corrected chi connectivity index (χ1v) is 12.8. The van der Waals surface area contributed by atoms with Gasteiger partial charge >= 0.3 is 6.03 Å². The SMILES string of the molecule is CC(C)C#Cc1ccc2c(c1)O[C@@H](CN(C)C(=O)NC(C)C)[C@H](C)CN([C@@H](C)CO)S2(=O)=O. The number of nitrogens with one attached hydrogen (secondary N) is 1. The minimum Gasteiger partial charge on any atom is -0.487 e. The number of likely N-dealkylation sites (N-methyl/N-ethyl adjacent to an activating group) is 1. The number of urea groups is 1. The van der Waals surface area contributed by atoms with Crippen molar-refractivity contribution >= 4 is 16.1 Å². The van der Waals surface area contributed by atoms with Gasteiger partial charge in [-0.05, 0) is 39.0 Å². The van der Waals surface area contributed by atoms with E-state index < -0.39 is 22.2 Å². The molecule has 1 aliphatic heterocycles. The van der Waals surface area contributed by atoms with Crippen molar-refractivity contribution in [3.05, 3.63) is 23.8 Å². The Morgan fingerprint density at radius 1 is 1.30 bits per heavy atom. The number of hydrogen-bond donors (Lipinski definition) is 2. The molecule has 1 aliphatic rings. The van der Waals surface area contributed by atoms with Gasteiger partial charge in [-0.25, -0.2) is 13.2 Å². The van der Waals surface area contributed by atoms with Gasteiger partial charge in [-0.15, -0.1) is 0 Å². The van der Waals surface area contributed by atoms with Crippen molar-refractivity contribution in [2.45, 2.75) is 64.6 Å². The van der Waals surface area contributed by atoms with Crippen LogP contribution in [0.15, 0.2) is 23.1 Å². The van der Waals surface area contributed by atoms with E-state index in [0.29, 0.717) is 5.56 Å². The van der Waals surface area contributed by atoms with E-state index in [0.717, 1.165) is 0 Å². The molecule has 9 heteroatoms. The molecular weight excluding hydrogens is 442 g/mol. The van der Waals surface area contributed by atoms with Gasteiger partial charge < -0.3 is 20.1 Å². The van der Waals surface area contributed by atoms with Crippen molar-refractivity contribution in [1.82, 2.24) is 14.5 Å². The lowest BCUT2D eigenvalue weighted by Crippen LogP contribution is -2.51. The van der Waals surface area contributed by atoms with Gasteiger partial charge in [0.1, 0.15) is 16.7 Å². The molecule has 33 heavy (non-hydrogen) atoms. The molecule has 3 atom stereocenters. The molecule has 0 aliphatic carbocycles. The molecule has 0 spiro atoms. The van der Waals surface area contributed by atoms with Gasteiger partial charge in [0.05, 0.1) is 13.2 Å². The van der Waals surface area contributed by atoms with Crippen LogP contribution in [0.25, 0.3) is 0 Å². The Morgan fingerprint density at radius 3 is 2.55 bits per heavy atom. The van der Waals surface area contributed by atoms with Crippen LogP contribution in [0.2, 0.25) is 0 Å². The van der Waals surface area contributed by atoms with E-state index in [-0.39, 0.29) is 54.3 Å². The van der Waals surface area contributed by atoms with E-state index in [1.54, 1.807) is 31.0 Å². The monoisotopic (exact) mass is 479 g/mol. The highest BCUT2D eigenvalue weighted by molar-refractivity contribution is 7.89. The number of aliphatic hydroxyl groups excluding tert-OH is 1. The molecule has 0 radical (unpaired) electrons. The third-order valence-corrected chi connectivity index (χ3v) is 7.40. The number of nitrogens with zero attached hydrogens (tertiary/aromatic N) is 2. The number of benzene rings is 1. The number of fused-ring (bicyclic) bond motifs is 1. The number of sulfonamides is 1. The Balaban J connectivity index is 2.53. The van der Waals surface area contributed by atoms with Crippen molar-refractivity contribution in [2.75, 3.05) is 26.7 Å². The van der Waals surface area contributed by atoms with Crippen LogP contribution in [0.3, 0.4) is 0 Å². The summed E-state index contributed by atoms with van der Waals surface area (Å²) in [4.78, 5) is 14.0. The van der Waals surface area contributed by atoms with Crippen molar-refractivity contribution in [1.29, 1.82) is 0 Å². The summed E-state index contributed by atoms with van der Waals surface area (Å²) in [5, 5.41) is 12.6. The summed E-state index contributed by atoms with van der Waals surface area (Å²) in [6.45, 7) is 11.4. The second-order valence-electron chi connectivity index (χ2n) is 9.31. The first kappa shape index (κ1) is 27.0. The molecule has 0 saturated carbocycles. The van der Waals surface area contributed by atoms with Crippen LogP contribution in [0.5, 0.6) is 5.75 Å². The summed E-state index contributed by atoms with van der Waals surface area (Å²) in [7, 11) is -2.23. The van der Waals surface area contributed by atoms with Crippen LogP contribution >= 0.6 is 0 Å². The van der Waals surface area contributed by atoms with Gasteiger partial charge in [0.15, 0.2) is 0 Å². The lowest BCUT2D eigenvalue weighted by Gasteiger charge is -2.37. The van der Waals surface area contributed by atoms with Gasteiger partial charge in [0.25, 0.3) is 0 Å². The number of aliphatic hydroxyl groups is 1. The Labute approximate surface area is 198 Å². The number of hydrogen-bond acceptors (Lipinski definition) is 5. The molecule has 1 heterocycles. The maximum Gasteiger partial charge on any atom is 0.317 e. The van der Waals surface area contributed by atoms with Crippen molar-refractivity contribution in [2.24, 2.45) is 11.8 Å². The topological polar surface area (TPSA) is 99.2 Å². The fourth-order valence-electron chi connectivity index (χ4n) is 3.46. The summed E-state index contributed by atoms with van der Waals surface area (Å²) < 4.78 is 34.5. The Kier molecular flexibility index (Phi) is 9.18. The average molecular weight is 480 g/mol. The van der Waals surface area contributed by atoms with Crippen LogP contribution < -0.4 is 10.1 Å². The van der Waals surface area contributed by atoms with E-state index in [4.69, 9.17) is 4.74 Å². The van der Waals surface area contributed by atoms with Crippen LogP contribution in [0.1, 0.15) is 47.1 Å². The van der Waals surface area contributed by atoms with E-state index in [2.05, 4.69) is 17.2 Å². The molecular formula is C24H37N3O5S.